The topological polar surface area (TPSA) is 132 Å². The van der Waals surface area contributed by atoms with Crippen LogP contribution in [-0.4, -0.2) is 14.5 Å². The van der Waals surface area contributed by atoms with Crippen LogP contribution < -0.4 is 9.80 Å². The van der Waals surface area contributed by atoms with Crippen LogP contribution in [0.25, 0.3) is 61.4 Å². The standard InChI is InChI=1S/C62H37N9/c63-38-42-19-25-49(26-20-42)70(50-27-21-43(39-64)22-28-50)53-32-34-61-57(36-53)56-35-52(69(47-13-3-1-4-14-47)48-15-5-2-6-16-48)31-33-60(56)71(61)51-29-23-44(24-30-51)58-37-59(54-17-9-7-11-45(54)40-65)68-62(67-58)55-18-10-8-12-46(55)41-66/h1-37H. The monoisotopic (exact) mass is 907 g/mol. The van der Waals surface area contributed by atoms with Crippen LogP contribution >= 0.6 is 0 Å². The molecule has 2 heterocycles. The molecule has 0 fully saturated rings. The van der Waals surface area contributed by atoms with E-state index in [1.807, 2.05) is 140 Å². The summed E-state index contributed by atoms with van der Waals surface area (Å²) in [5, 5.41) is 41.5. The Hall–Kier alpha value is -10.6. The number of para-hydroxylation sites is 2. The molecule has 9 heteroatoms. The first-order chi connectivity index (χ1) is 35.0. The van der Waals surface area contributed by atoms with E-state index in [0.29, 0.717) is 50.6 Å². The van der Waals surface area contributed by atoms with Gasteiger partial charge in [-0.3, -0.25) is 0 Å². The van der Waals surface area contributed by atoms with Crippen molar-refractivity contribution in [3.05, 3.63) is 247 Å². The van der Waals surface area contributed by atoms with Crippen molar-refractivity contribution in [3.63, 3.8) is 0 Å². The highest BCUT2D eigenvalue weighted by molar-refractivity contribution is 6.12. The molecule has 0 aliphatic carbocycles. The normalized spacial score (nSPS) is 10.8. The Labute approximate surface area is 410 Å². The van der Waals surface area contributed by atoms with Gasteiger partial charge in [0.2, 0.25) is 0 Å². The number of aromatic nitrogens is 3. The van der Waals surface area contributed by atoms with Crippen LogP contribution in [0.3, 0.4) is 0 Å². The minimum Gasteiger partial charge on any atom is -0.310 e. The average Bonchev–Trinajstić information content (AvgIpc) is 3.77. The number of hydrogen-bond donors (Lipinski definition) is 0. The summed E-state index contributed by atoms with van der Waals surface area (Å²) in [5.74, 6) is 0.386. The second kappa shape index (κ2) is 18.6. The van der Waals surface area contributed by atoms with Gasteiger partial charge in [-0.2, -0.15) is 21.0 Å². The Bertz CT molecular complexity index is 3790. The van der Waals surface area contributed by atoms with Crippen LogP contribution in [0, 0.1) is 45.3 Å². The smallest absolute Gasteiger partial charge is 0.161 e. The number of rotatable bonds is 10. The molecule has 11 aromatic rings. The highest BCUT2D eigenvalue weighted by Gasteiger charge is 2.21. The third-order valence-electron chi connectivity index (χ3n) is 12.5. The van der Waals surface area contributed by atoms with E-state index >= 15 is 0 Å². The van der Waals surface area contributed by atoms with Gasteiger partial charge >= 0.3 is 0 Å². The first-order valence-corrected chi connectivity index (χ1v) is 22.8. The summed E-state index contributed by atoms with van der Waals surface area (Å²) >= 11 is 0. The van der Waals surface area contributed by atoms with E-state index in [1.54, 1.807) is 12.1 Å². The number of nitrogens with zero attached hydrogens (tertiary/aromatic N) is 9. The lowest BCUT2D eigenvalue weighted by Crippen LogP contribution is -2.10. The number of hydrogen-bond acceptors (Lipinski definition) is 8. The fourth-order valence-electron chi connectivity index (χ4n) is 9.19. The van der Waals surface area contributed by atoms with Crippen molar-refractivity contribution in [1.29, 1.82) is 21.0 Å². The summed E-state index contributed by atoms with van der Waals surface area (Å²) < 4.78 is 2.27. The average molecular weight is 908 g/mol. The first kappa shape index (κ1) is 43.0. The molecule has 71 heavy (non-hydrogen) atoms. The second-order valence-corrected chi connectivity index (χ2v) is 16.7. The Morgan fingerprint density at radius 1 is 0.352 bits per heavy atom. The molecule has 330 valence electrons. The molecule has 0 bridgehead atoms. The van der Waals surface area contributed by atoms with Gasteiger partial charge in [0.25, 0.3) is 0 Å². The van der Waals surface area contributed by atoms with Gasteiger partial charge in [-0.15, -0.1) is 0 Å². The summed E-state index contributed by atoms with van der Waals surface area (Å²) in [7, 11) is 0. The van der Waals surface area contributed by atoms with E-state index in [2.05, 4.69) is 111 Å². The summed E-state index contributed by atoms with van der Waals surface area (Å²) in [4.78, 5) is 14.4. The fraction of sp³-hybridized carbons (Fsp3) is 0. The van der Waals surface area contributed by atoms with Gasteiger partial charge in [0.05, 0.1) is 69.0 Å². The molecule has 9 nitrogen and oxygen atoms in total. The predicted molar refractivity (Wildman–Crippen MR) is 281 cm³/mol. The van der Waals surface area contributed by atoms with Crippen molar-refractivity contribution in [2.75, 3.05) is 9.80 Å². The highest BCUT2D eigenvalue weighted by atomic mass is 15.1. The van der Waals surface area contributed by atoms with E-state index in [9.17, 15) is 21.0 Å². The van der Waals surface area contributed by atoms with E-state index < -0.39 is 0 Å². The van der Waals surface area contributed by atoms with Crippen LogP contribution in [0.5, 0.6) is 0 Å². The lowest BCUT2D eigenvalue weighted by molar-refractivity contribution is 1.17. The van der Waals surface area contributed by atoms with Crippen molar-refractivity contribution >= 4 is 55.9 Å². The molecule has 11 rings (SSSR count). The fourth-order valence-corrected chi connectivity index (χ4v) is 9.19. The minimum atomic E-state index is 0.386. The van der Waals surface area contributed by atoms with Gasteiger partial charge in [-0.1, -0.05) is 78.9 Å². The molecule has 2 aromatic heterocycles. The lowest BCUT2D eigenvalue weighted by Gasteiger charge is -2.26. The van der Waals surface area contributed by atoms with Crippen molar-refractivity contribution < 1.29 is 0 Å². The molecule has 0 N–H and O–H groups in total. The van der Waals surface area contributed by atoms with Gasteiger partial charge in [0, 0.05) is 67.3 Å². The third kappa shape index (κ3) is 8.11. The van der Waals surface area contributed by atoms with Crippen molar-refractivity contribution in [2.45, 2.75) is 0 Å². The van der Waals surface area contributed by atoms with Gasteiger partial charge in [0.15, 0.2) is 5.82 Å². The Morgan fingerprint density at radius 2 is 0.775 bits per heavy atom. The first-order valence-electron chi connectivity index (χ1n) is 22.8. The number of benzene rings is 9. The third-order valence-corrected chi connectivity index (χ3v) is 12.5. The summed E-state index contributed by atoms with van der Waals surface area (Å²) in [5.41, 5.74) is 13.9. The largest absolute Gasteiger partial charge is 0.310 e. The molecule has 0 saturated carbocycles. The molecule has 0 radical (unpaired) electrons. The zero-order chi connectivity index (χ0) is 48.3. The van der Waals surface area contributed by atoms with Crippen molar-refractivity contribution in [3.8, 4) is 63.9 Å². The molecule has 9 aromatic carbocycles. The zero-order valence-corrected chi connectivity index (χ0v) is 37.9. The van der Waals surface area contributed by atoms with E-state index in [1.165, 1.54) is 0 Å². The van der Waals surface area contributed by atoms with Crippen LogP contribution in [-0.2, 0) is 0 Å². The van der Waals surface area contributed by atoms with Gasteiger partial charge in [0.1, 0.15) is 0 Å². The van der Waals surface area contributed by atoms with Crippen LogP contribution in [0.2, 0.25) is 0 Å². The Morgan fingerprint density at radius 3 is 1.27 bits per heavy atom. The van der Waals surface area contributed by atoms with E-state index in [0.717, 1.165) is 67.2 Å². The Kier molecular flexibility index (Phi) is 11.3. The Balaban J connectivity index is 1.10. The summed E-state index contributed by atoms with van der Waals surface area (Å²) in [6, 6.07) is 82.6. The molecule has 0 spiro atoms. The number of fused-ring (bicyclic) bond motifs is 3. The van der Waals surface area contributed by atoms with Crippen LogP contribution in [0.1, 0.15) is 22.3 Å². The number of nitriles is 4. The predicted octanol–water partition coefficient (Wildman–Crippen LogP) is 15.0. The second-order valence-electron chi connectivity index (χ2n) is 16.7. The maximum Gasteiger partial charge on any atom is 0.161 e. The van der Waals surface area contributed by atoms with Crippen LogP contribution in [0.15, 0.2) is 224 Å². The van der Waals surface area contributed by atoms with Gasteiger partial charge in [-0.25, -0.2) is 9.97 Å². The lowest BCUT2D eigenvalue weighted by atomic mass is 10.0. The summed E-state index contributed by atoms with van der Waals surface area (Å²) in [6.07, 6.45) is 0. The van der Waals surface area contributed by atoms with Gasteiger partial charge < -0.3 is 14.4 Å². The van der Waals surface area contributed by atoms with E-state index in [-0.39, 0.29) is 0 Å². The van der Waals surface area contributed by atoms with Gasteiger partial charge in [-0.05, 0) is 146 Å². The molecular formula is C62H37N9. The quantitative estimate of drug-likeness (QED) is 0.132. The molecule has 0 aliphatic heterocycles. The molecule has 0 aliphatic rings. The maximum atomic E-state index is 10.1. The summed E-state index contributed by atoms with van der Waals surface area (Å²) in [6.45, 7) is 0. The molecule has 0 amide bonds. The van der Waals surface area contributed by atoms with Crippen molar-refractivity contribution in [2.24, 2.45) is 0 Å². The SMILES string of the molecule is N#Cc1ccc(N(c2ccc(C#N)cc2)c2ccc3c(c2)c2cc(N(c4ccccc4)c4ccccc4)ccc2n3-c2ccc(-c3cc(-c4ccccc4C#N)nc(-c4ccccc4C#N)n3)cc2)cc1. The minimum absolute atomic E-state index is 0.386. The zero-order valence-electron chi connectivity index (χ0n) is 37.9. The molecule has 0 saturated heterocycles. The molecule has 0 unspecified atom stereocenters. The molecular weight excluding hydrogens is 871 g/mol. The maximum absolute atomic E-state index is 10.1. The van der Waals surface area contributed by atoms with E-state index in [4.69, 9.17) is 9.97 Å². The number of anilines is 6. The molecule has 0 atom stereocenters. The van der Waals surface area contributed by atoms with Crippen LogP contribution in [0.4, 0.5) is 34.1 Å². The highest BCUT2D eigenvalue weighted by Crippen LogP contribution is 2.43. The van der Waals surface area contributed by atoms with Crippen molar-refractivity contribution in [1.82, 2.24) is 14.5 Å².